The molecule has 5 aromatic rings. The quantitative estimate of drug-likeness (QED) is 0.327. The zero-order chi connectivity index (χ0) is 24.9. The van der Waals surface area contributed by atoms with Gasteiger partial charge in [-0.2, -0.15) is 5.21 Å². The van der Waals surface area contributed by atoms with Crippen molar-refractivity contribution in [2.75, 3.05) is 0 Å². The number of benzene rings is 2. The molecule has 0 spiro atoms. The van der Waals surface area contributed by atoms with Gasteiger partial charge in [-0.25, -0.2) is 4.79 Å². The highest BCUT2D eigenvalue weighted by atomic mass is 16.1. The first-order valence-electron chi connectivity index (χ1n) is 12.4. The van der Waals surface area contributed by atoms with Gasteiger partial charge in [0.1, 0.15) is 5.69 Å². The van der Waals surface area contributed by atoms with Crippen LogP contribution in [0.3, 0.4) is 0 Å². The Morgan fingerprint density at radius 1 is 0.972 bits per heavy atom. The van der Waals surface area contributed by atoms with Crippen LogP contribution >= 0.6 is 0 Å². The molecule has 0 aliphatic heterocycles. The molecular formula is C28H29N7O. The number of imidazole rings is 1. The molecule has 8 heteroatoms. The standard InChI is InChI=1S/C28H29N7O/c1-3-5-10-23-19-35(25-12-7-6-9-21(25)4-2)28(36)34(23)18-20-13-15-22(16-14-20)24-11-8-17-29-26(24)27-30-32-33-31-27/h6-9,11-17,19H,3-5,10,18H2,1-2H3,(H,30,31,32,33). The Kier molecular flexibility index (Phi) is 6.84. The number of hydrogen-bond acceptors (Lipinski definition) is 5. The van der Waals surface area contributed by atoms with Crippen molar-refractivity contribution in [2.45, 2.75) is 46.1 Å². The molecule has 0 aliphatic rings. The number of hydrogen-bond donors (Lipinski definition) is 1. The molecule has 0 bridgehead atoms. The fraction of sp³-hybridized carbons (Fsp3) is 0.250. The third-order valence-electron chi connectivity index (χ3n) is 6.45. The van der Waals surface area contributed by atoms with Gasteiger partial charge < -0.3 is 0 Å². The Bertz CT molecular complexity index is 1500. The summed E-state index contributed by atoms with van der Waals surface area (Å²) in [5, 5.41) is 14.3. The smallest absolute Gasteiger partial charge is 0.292 e. The molecule has 3 heterocycles. The summed E-state index contributed by atoms with van der Waals surface area (Å²) in [4.78, 5) is 18.0. The number of nitrogens with zero attached hydrogens (tertiary/aromatic N) is 6. The number of rotatable bonds is 9. The summed E-state index contributed by atoms with van der Waals surface area (Å²) >= 11 is 0. The van der Waals surface area contributed by atoms with Crippen LogP contribution in [0.15, 0.2) is 77.9 Å². The Labute approximate surface area is 209 Å². The summed E-state index contributed by atoms with van der Waals surface area (Å²) in [5.74, 6) is 0.454. The van der Waals surface area contributed by atoms with Crippen LogP contribution in [0.2, 0.25) is 0 Å². The minimum atomic E-state index is -0.00210. The van der Waals surface area contributed by atoms with Gasteiger partial charge in [0.2, 0.25) is 5.82 Å². The molecule has 2 aromatic carbocycles. The Morgan fingerprint density at radius 3 is 2.56 bits per heavy atom. The van der Waals surface area contributed by atoms with Crippen molar-refractivity contribution in [3.8, 4) is 28.3 Å². The highest BCUT2D eigenvalue weighted by Gasteiger charge is 2.16. The molecule has 0 unspecified atom stereocenters. The number of tetrazole rings is 1. The molecule has 36 heavy (non-hydrogen) atoms. The molecule has 1 N–H and O–H groups in total. The molecule has 3 aromatic heterocycles. The second-order valence-corrected chi connectivity index (χ2v) is 8.78. The van der Waals surface area contributed by atoms with E-state index in [1.807, 2.05) is 45.7 Å². The molecular weight excluding hydrogens is 450 g/mol. The van der Waals surface area contributed by atoms with Gasteiger partial charge in [-0.05, 0) is 53.3 Å². The fourth-order valence-electron chi connectivity index (χ4n) is 4.52. The first-order valence-corrected chi connectivity index (χ1v) is 12.4. The third kappa shape index (κ3) is 4.62. The Hall–Kier alpha value is -4.33. The number of pyridine rings is 1. The van der Waals surface area contributed by atoms with Gasteiger partial charge in [0.25, 0.3) is 0 Å². The van der Waals surface area contributed by atoms with Crippen LogP contribution in [0.4, 0.5) is 0 Å². The lowest BCUT2D eigenvalue weighted by Gasteiger charge is -2.10. The van der Waals surface area contributed by atoms with E-state index in [4.69, 9.17) is 0 Å². The van der Waals surface area contributed by atoms with E-state index in [0.717, 1.165) is 59.3 Å². The zero-order valence-electron chi connectivity index (χ0n) is 20.6. The van der Waals surface area contributed by atoms with E-state index in [-0.39, 0.29) is 5.69 Å². The number of aromatic nitrogens is 7. The van der Waals surface area contributed by atoms with Crippen LogP contribution in [0.1, 0.15) is 43.5 Å². The highest BCUT2D eigenvalue weighted by Crippen LogP contribution is 2.28. The Morgan fingerprint density at radius 2 is 1.81 bits per heavy atom. The molecule has 0 saturated carbocycles. The molecule has 0 saturated heterocycles. The maximum Gasteiger partial charge on any atom is 0.333 e. The van der Waals surface area contributed by atoms with Gasteiger partial charge in [-0.1, -0.05) is 68.8 Å². The molecule has 0 amide bonds. The van der Waals surface area contributed by atoms with Crippen LogP contribution in [0.25, 0.3) is 28.3 Å². The van der Waals surface area contributed by atoms with E-state index in [9.17, 15) is 4.79 Å². The van der Waals surface area contributed by atoms with E-state index in [1.165, 1.54) is 0 Å². The molecule has 5 rings (SSSR count). The lowest BCUT2D eigenvalue weighted by Crippen LogP contribution is -2.25. The second kappa shape index (κ2) is 10.5. The van der Waals surface area contributed by atoms with Gasteiger partial charge >= 0.3 is 5.69 Å². The van der Waals surface area contributed by atoms with Crippen molar-refractivity contribution in [3.63, 3.8) is 0 Å². The van der Waals surface area contributed by atoms with Crippen molar-refractivity contribution in [1.82, 2.24) is 34.7 Å². The normalized spacial score (nSPS) is 11.2. The minimum Gasteiger partial charge on any atom is -0.292 e. The van der Waals surface area contributed by atoms with Crippen molar-refractivity contribution < 1.29 is 0 Å². The lowest BCUT2D eigenvalue weighted by molar-refractivity contribution is 0.673. The molecule has 0 fully saturated rings. The average Bonchev–Trinajstić information content (AvgIpc) is 3.57. The average molecular weight is 480 g/mol. The zero-order valence-corrected chi connectivity index (χ0v) is 20.6. The molecule has 8 nitrogen and oxygen atoms in total. The van der Waals surface area contributed by atoms with Crippen LogP contribution in [0.5, 0.6) is 0 Å². The number of H-pyrrole nitrogens is 1. The van der Waals surface area contributed by atoms with Crippen LogP contribution in [0, 0.1) is 0 Å². The summed E-state index contributed by atoms with van der Waals surface area (Å²) in [5.41, 5.74) is 6.84. The molecule has 0 atom stereocenters. The molecule has 0 radical (unpaired) electrons. The Balaban J connectivity index is 1.48. The van der Waals surface area contributed by atoms with E-state index >= 15 is 0 Å². The van der Waals surface area contributed by atoms with E-state index in [0.29, 0.717) is 18.1 Å². The minimum absolute atomic E-state index is 0.00210. The van der Waals surface area contributed by atoms with Gasteiger partial charge in [0, 0.05) is 23.7 Å². The molecule has 182 valence electrons. The van der Waals surface area contributed by atoms with Gasteiger partial charge in [0.05, 0.1) is 12.2 Å². The lowest BCUT2D eigenvalue weighted by atomic mass is 10.0. The van der Waals surface area contributed by atoms with Crippen LogP contribution in [-0.2, 0) is 19.4 Å². The maximum atomic E-state index is 13.6. The number of nitrogens with one attached hydrogen (secondary N) is 1. The first-order chi connectivity index (χ1) is 17.7. The third-order valence-corrected chi connectivity index (χ3v) is 6.45. The second-order valence-electron chi connectivity index (χ2n) is 8.78. The van der Waals surface area contributed by atoms with Crippen molar-refractivity contribution in [2.24, 2.45) is 0 Å². The topological polar surface area (TPSA) is 94.3 Å². The number of aromatic amines is 1. The van der Waals surface area contributed by atoms with E-state index < -0.39 is 0 Å². The van der Waals surface area contributed by atoms with Crippen LogP contribution < -0.4 is 5.69 Å². The number of aryl methyl sites for hydroxylation is 2. The van der Waals surface area contributed by atoms with E-state index in [1.54, 1.807) is 6.20 Å². The summed E-state index contributed by atoms with van der Waals surface area (Å²) in [6, 6.07) is 20.2. The number of unbranched alkanes of at least 4 members (excludes halogenated alkanes) is 1. The van der Waals surface area contributed by atoms with Gasteiger partial charge in [-0.15, -0.1) is 10.2 Å². The van der Waals surface area contributed by atoms with E-state index in [2.05, 4.69) is 69.8 Å². The van der Waals surface area contributed by atoms with Crippen LogP contribution in [-0.4, -0.2) is 34.7 Å². The predicted molar refractivity (Wildman–Crippen MR) is 140 cm³/mol. The van der Waals surface area contributed by atoms with Gasteiger partial charge in [0.15, 0.2) is 0 Å². The monoisotopic (exact) mass is 479 g/mol. The fourth-order valence-corrected chi connectivity index (χ4v) is 4.52. The maximum absolute atomic E-state index is 13.6. The summed E-state index contributed by atoms with van der Waals surface area (Å²) in [6.45, 7) is 4.81. The summed E-state index contributed by atoms with van der Waals surface area (Å²) in [7, 11) is 0. The summed E-state index contributed by atoms with van der Waals surface area (Å²) < 4.78 is 3.72. The molecule has 0 aliphatic carbocycles. The first kappa shape index (κ1) is 23.4. The number of para-hydroxylation sites is 1. The van der Waals surface area contributed by atoms with Crippen molar-refractivity contribution in [1.29, 1.82) is 0 Å². The highest BCUT2D eigenvalue weighted by molar-refractivity contribution is 5.77. The summed E-state index contributed by atoms with van der Waals surface area (Å²) in [6.07, 6.45) is 7.60. The van der Waals surface area contributed by atoms with Crippen molar-refractivity contribution in [3.05, 3.63) is 100 Å². The largest absolute Gasteiger partial charge is 0.333 e. The van der Waals surface area contributed by atoms with Crippen molar-refractivity contribution >= 4 is 0 Å². The van der Waals surface area contributed by atoms with Gasteiger partial charge in [-0.3, -0.25) is 14.1 Å². The SMILES string of the molecule is CCCCc1cn(-c2ccccc2CC)c(=O)n1Cc1ccc(-c2cccnc2-c2nn[nH]n2)cc1. The predicted octanol–water partition coefficient (Wildman–Crippen LogP) is 4.83.